The number of halogens is 1. The van der Waals surface area contributed by atoms with Crippen LogP contribution in [0.1, 0.15) is 36.1 Å². The van der Waals surface area contributed by atoms with Crippen LogP contribution in [0.5, 0.6) is 11.5 Å². The van der Waals surface area contributed by atoms with E-state index in [1.807, 2.05) is 44.2 Å². The predicted molar refractivity (Wildman–Crippen MR) is 146 cm³/mol. The number of hydrogen-bond donors (Lipinski definition) is 0. The van der Waals surface area contributed by atoms with E-state index in [-0.39, 0.29) is 17.7 Å². The Labute approximate surface area is 227 Å². The lowest BCUT2D eigenvalue weighted by molar-refractivity contribution is -0.141. The number of carbonyl (C=O) groups is 2. The van der Waals surface area contributed by atoms with Gasteiger partial charge in [0.05, 0.1) is 13.2 Å². The van der Waals surface area contributed by atoms with Crippen LogP contribution >= 0.6 is 11.6 Å². The van der Waals surface area contributed by atoms with Crippen LogP contribution in [0.25, 0.3) is 6.08 Å². The zero-order valence-corrected chi connectivity index (χ0v) is 22.2. The fourth-order valence-corrected chi connectivity index (χ4v) is 4.28. The Hall–Kier alpha value is -4.34. The minimum Gasteiger partial charge on any atom is -0.490 e. The summed E-state index contributed by atoms with van der Waals surface area (Å²) in [5.74, 6) is -0.0283. The van der Waals surface area contributed by atoms with Gasteiger partial charge in [0.15, 0.2) is 11.5 Å². The molecular weight excluding hydrogens is 500 g/mol. The second-order valence-corrected chi connectivity index (χ2v) is 9.28. The molecule has 7 heteroatoms. The highest BCUT2D eigenvalue weighted by Gasteiger charge is 2.35. The van der Waals surface area contributed by atoms with E-state index in [0.717, 1.165) is 10.5 Å². The van der Waals surface area contributed by atoms with Gasteiger partial charge >= 0.3 is 0 Å². The van der Waals surface area contributed by atoms with Crippen LogP contribution in [0.15, 0.2) is 83.4 Å². The maximum Gasteiger partial charge on any atom is 0.271 e. The highest BCUT2D eigenvalue weighted by atomic mass is 35.5. The van der Waals surface area contributed by atoms with Crippen LogP contribution in [-0.2, 0) is 22.7 Å². The van der Waals surface area contributed by atoms with Crippen LogP contribution in [-0.4, -0.2) is 23.3 Å². The van der Waals surface area contributed by atoms with Gasteiger partial charge in [0.1, 0.15) is 18.2 Å². The third-order valence-electron chi connectivity index (χ3n) is 6.21. The molecule has 192 valence electrons. The molecule has 6 nitrogen and oxygen atoms in total. The second kappa shape index (κ2) is 11.8. The molecule has 0 atom stereocenters. The number of ether oxygens (including phenoxy) is 2. The molecule has 2 amide bonds. The highest BCUT2D eigenvalue weighted by Crippen LogP contribution is 2.33. The van der Waals surface area contributed by atoms with E-state index in [2.05, 4.69) is 0 Å². The molecular formula is C31H27ClN2O4. The molecule has 0 spiro atoms. The van der Waals surface area contributed by atoms with E-state index >= 15 is 0 Å². The molecule has 0 saturated carbocycles. The largest absolute Gasteiger partial charge is 0.490 e. The number of nitrogens with zero attached hydrogens (tertiary/aromatic N) is 2. The van der Waals surface area contributed by atoms with Gasteiger partial charge in [-0.1, -0.05) is 65.7 Å². The lowest BCUT2D eigenvalue weighted by Gasteiger charge is -2.28. The minimum atomic E-state index is -0.637. The number of imide groups is 1. The molecule has 0 aromatic heterocycles. The van der Waals surface area contributed by atoms with E-state index in [0.29, 0.717) is 46.4 Å². The summed E-state index contributed by atoms with van der Waals surface area (Å²) in [7, 11) is 0. The van der Waals surface area contributed by atoms with Crippen molar-refractivity contribution in [1.29, 1.82) is 5.26 Å². The van der Waals surface area contributed by atoms with Gasteiger partial charge in [-0.25, -0.2) is 0 Å². The number of carbonyl (C=O) groups excluding carboxylic acids is 2. The lowest BCUT2D eigenvalue weighted by atomic mass is 9.93. The molecule has 0 aliphatic carbocycles. The number of aryl methyl sites for hydroxylation is 1. The Balaban J connectivity index is 1.66. The molecule has 4 rings (SSSR count). The van der Waals surface area contributed by atoms with Gasteiger partial charge < -0.3 is 9.47 Å². The molecule has 1 aliphatic heterocycles. The summed E-state index contributed by atoms with van der Waals surface area (Å²) < 4.78 is 11.8. The van der Waals surface area contributed by atoms with Crippen molar-refractivity contribution in [3.05, 3.63) is 111 Å². The monoisotopic (exact) mass is 526 g/mol. The zero-order valence-electron chi connectivity index (χ0n) is 21.5. The van der Waals surface area contributed by atoms with E-state index in [1.165, 1.54) is 5.56 Å². The Bertz CT molecular complexity index is 1480. The van der Waals surface area contributed by atoms with Crippen molar-refractivity contribution in [1.82, 2.24) is 4.90 Å². The van der Waals surface area contributed by atoms with Crippen LogP contribution in [0.4, 0.5) is 0 Å². The lowest BCUT2D eigenvalue weighted by Crippen LogP contribution is -2.42. The second-order valence-electron chi connectivity index (χ2n) is 8.87. The first kappa shape index (κ1) is 26.7. The third-order valence-corrected chi connectivity index (χ3v) is 6.57. The average molecular weight is 527 g/mol. The van der Waals surface area contributed by atoms with Gasteiger partial charge in [0.25, 0.3) is 11.8 Å². The zero-order chi connectivity index (χ0) is 27.2. The maximum atomic E-state index is 13.5. The van der Waals surface area contributed by atoms with E-state index in [4.69, 9.17) is 21.1 Å². The van der Waals surface area contributed by atoms with Crippen molar-refractivity contribution in [3.63, 3.8) is 0 Å². The number of nitriles is 1. The molecule has 0 bridgehead atoms. The van der Waals surface area contributed by atoms with Crippen molar-refractivity contribution in [2.75, 3.05) is 6.61 Å². The number of hydrogen-bond acceptors (Lipinski definition) is 5. The molecule has 1 aliphatic rings. The molecule has 0 saturated heterocycles. The Kier molecular flexibility index (Phi) is 8.30. The molecule has 38 heavy (non-hydrogen) atoms. The van der Waals surface area contributed by atoms with Crippen molar-refractivity contribution in [3.8, 4) is 17.6 Å². The Morgan fingerprint density at radius 1 is 0.947 bits per heavy atom. The summed E-state index contributed by atoms with van der Waals surface area (Å²) in [5.41, 5.74) is 3.99. The summed E-state index contributed by atoms with van der Waals surface area (Å²) in [6.07, 6.45) is 1.66. The third kappa shape index (κ3) is 5.80. The molecule has 0 radical (unpaired) electrons. The summed E-state index contributed by atoms with van der Waals surface area (Å²) in [5, 5.41) is 10.1. The Morgan fingerprint density at radius 3 is 2.37 bits per heavy atom. The molecule has 0 N–H and O–H groups in total. The highest BCUT2D eigenvalue weighted by molar-refractivity contribution is 6.31. The first-order valence-corrected chi connectivity index (χ1v) is 12.6. The fourth-order valence-electron chi connectivity index (χ4n) is 4.08. The topological polar surface area (TPSA) is 79.6 Å². The van der Waals surface area contributed by atoms with E-state index < -0.39 is 11.8 Å². The van der Waals surface area contributed by atoms with Crippen molar-refractivity contribution in [2.45, 2.75) is 33.9 Å². The van der Waals surface area contributed by atoms with E-state index in [9.17, 15) is 14.9 Å². The summed E-state index contributed by atoms with van der Waals surface area (Å²) in [4.78, 5) is 27.5. The molecule has 3 aromatic rings. The van der Waals surface area contributed by atoms with Gasteiger partial charge in [0.2, 0.25) is 0 Å². The minimum absolute atomic E-state index is 0.0386. The van der Waals surface area contributed by atoms with Crippen molar-refractivity contribution in [2.24, 2.45) is 0 Å². The summed E-state index contributed by atoms with van der Waals surface area (Å²) in [6, 6.07) is 22.4. The smallest absolute Gasteiger partial charge is 0.271 e. The van der Waals surface area contributed by atoms with Gasteiger partial charge in [-0.3, -0.25) is 14.5 Å². The fraction of sp³-hybridized carbons (Fsp3) is 0.194. The summed E-state index contributed by atoms with van der Waals surface area (Å²) in [6.45, 7) is 6.29. The van der Waals surface area contributed by atoms with Crippen LogP contribution in [0, 0.1) is 18.3 Å². The summed E-state index contributed by atoms with van der Waals surface area (Å²) >= 11 is 6.27. The number of rotatable bonds is 8. The molecule has 0 fully saturated rings. The molecule has 1 heterocycles. The normalized spacial score (nSPS) is 14.6. The predicted octanol–water partition coefficient (Wildman–Crippen LogP) is 6.42. The van der Waals surface area contributed by atoms with Gasteiger partial charge in [-0.05, 0) is 67.3 Å². The van der Waals surface area contributed by atoms with Crippen LogP contribution in [0.3, 0.4) is 0 Å². The molecule has 0 unspecified atom stereocenters. The quantitative estimate of drug-likeness (QED) is 0.250. The number of benzene rings is 3. The van der Waals surface area contributed by atoms with Crippen molar-refractivity contribution < 1.29 is 19.1 Å². The van der Waals surface area contributed by atoms with Crippen LogP contribution < -0.4 is 9.47 Å². The Morgan fingerprint density at radius 2 is 1.68 bits per heavy atom. The van der Waals surface area contributed by atoms with Gasteiger partial charge in [0, 0.05) is 10.6 Å². The van der Waals surface area contributed by atoms with Crippen LogP contribution in [0.2, 0.25) is 5.02 Å². The number of amides is 2. The van der Waals surface area contributed by atoms with Crippen molar-refractivity contribution >= 4 is 29.5 Å². The first-order valence-electron chi connectivity index (χ1n) is 12.2. The molecule has 3 aromatic carbocycles. The van der Waals surface area contributed by atoms with Gasteiger partial charge in [-0.2, -0.15) is 5.26 Å². The SMILES string of the molecule is CCOc1cc(/C=C2/C(=O)N(Cc3ccccc3Cl)C(=O)C(C#N)=C2C)ccc1OCc1ccc(C)cc1. The first-order chi connectivity index (χ1) is 18.3. The standard InChI is InChI=1S/C31H27ClN2O4/c1-4-37-29-16-23(13-14-28(29)38-19-22-11-9-20(2)10-12-22)15-25-21(3)26(17-33)31(36)34(30(25)35)18-24-7-5-6-8-27(24)32/h5-16H,4,18-19H2,1-3H3/b25-15+. The van der Waals surface area contributed by atoms with Gasteiger partial charge in [-0.15, -0.1) is 0 Å². The average Bonchev–Trinajstić information content (AvgIpc) is 2.91. The maximum absolute atomic E-state index is 13.5. The van der Waals surface area contributed by atoms with E-state index in [1.54, 1.807) is 55.5 Å².